The fourth-order valence-electron chi connectivity index (χ4n) is 1.72. The third-order valence-corrected chi connectivity index (χ3v) is 2.98. The number of H-pyrrole nitrogens is 1. The molecule has 0 aromatic carbocycles. The second-order valence-electron chi connectivity index (χ2n) is 4.47. The Morgan fingerprint density at radius 2 is 2.06 bits per heavy atom. The molecular weight excluding hydrogens is 234 g/mol. The number of amides is 1. The van der Waals surface area contributed by atoms with Gasteiger partial charge in [0.15, 0.2) is 0 Å². The zero-order valence-corrected chi connectivity index (χ0v) is 11.1. The first-order valence-electron chi connectivity index (χ1n) is 5.93. The van der Waals surface area contributed by atoms with Gasteiger partial charge >= 0.3 is 5.97 Å². The van der Waals surface area contributed by atoms with Crippen molar-refractivity contribution in [2.75, 3.05) is 0 Å². The normalized spacial score (nSPS) is 14.0. The maximum absolute atomic E-state index is 12.0. The molecule has 100 valence electrons. The van der Waals surface area contributed by atoms with Gasteiger partial charge in [-0.3, -0.25) is 4.79 Å². The molecule has 0 spiro atoms. The number of rotatable bonds is 5. The van der Waals surface area contributed by atoms with E-state index >= 15 is 0 Å². The van der Waals surface area contributed by atoms with Gasteiger partial charge in [-0.15, -0.1) is 0 Å². The zero-order valence-electron chi connectivity index (χ0n) is 11.1. The highest BCUT2D eigenvalue weighted by atomic mass is 16.4. The quantitative estimate of drug-likeness (QED) is 0.736. The molecule has 0 bridgehead atoms. The predicted octanol–water partition coefficient (Wildman–Crippen LogP) is 1.26. The Morgan fingerprint density at radius 1 is 1.44 bits per heavy atom. The predicted molar refractivity (Wildman–Crippen MR) is 66.4 cm³/mol. The number of carboxylic acid groups (broad SMARTS) is 1. The van der Waals surface area contributed by atoms with E-state index in [4.69, 9.17) is 5.11 Å². The van der Waals surface area contributed by atoms with Crippen LogP contribution in [0.4, 0.5) is 0 Å². The van der Waals surface area contributed by atoms with Crippen LogP contribution in [0, 0.1) is 19.8 Å². The number of hydrogen-bond acceptors (Lipinski definition) is 3. The number of aryl methyl sites for hydroxylation is 2. The van der Waals surface area contributed by atoms with Crippen molar-refractivity contribution in [2.24, 2.45) is 5.92 Å². The van der Waals surface area contributed by atoms with E-state index in [0.717, 1.165) is 0 Å². The standard InChI is InChI=1S/C12H19N3O3/c1-5-6(2)9(12(17)18)15-11(16)10-7(3)13-8(4)14-10/h6,9H,5H2,1-4H3,(H,13,14)(H,15,16)(H,17,18)/t6-,9-/m0/s1. The number of imidazole rings is 1. The molecule has 6 nitrogen and oxygen atoms in total. The van der Waals surface area contributed by atoms with Gasteiger partial charge in [-0.2, -0.15) is 0 Å². The van der Waals surface area contributed by atoms with Crippen molar-refractivity contribution in [1.29, 1.82) is 0 Å². The second-order valence-corrected chi connectivity index (χ2v) is 4.47. The third-order valence-electron chi connectivity index (χ3n) is 2.98. The Balaban J connectivity index is 2.85. The van der Waals surface area contributed by atoms with E-state index < -0.39 is 17.9 Å². The summed E-state index contributed by atoms with van der Waals surface area (Å²) in [4.78, 5) is 30.0. The first-order valence-corrected chi connectivity index (χ1v) is 5.93. The number of hydrogen-bond donors (Lipinski definition) is 3. The molecule has 1 aromatic heterocycles. The summed E-state index contributed by atoms with van der Waals surface area (Å²) in [5.41, 5.74) is 0.889. The summed E-state index contributed by atoms with van der Waals surface area (Å²) in [6, 6.07) is -0.890. The summed E-state index contributed by atoms with van der Waals surface area (Å²) >= 11 is 0. The van der Waals surface area contributed by atoms with Gasteiger partial charge in [-0.25, -0.2) is 9.78 Å². The molecule has 0 radical (unpaired) electrons. The summed E-state index contributed by atoms with van der Waals surface area (Å²) < 4.78 is 0. The van der Waals surface area contributed by atoms with E-state index in [0.29, 0.717) is 17.9 Å². The van der Waals surface area contributed by atoms with Crippen LogP contribution in [0.15, 0.2) is 0 Å². The highest BCUT2D eigenvalue weighted by Gasteiger charge is 2.27. The van der Waals surface area contributed by atoms with Crippen molar-refractivity contribution in [3.8, 4) is 0 Å². The third kappa shape index (κ3) is 3.09. The fraction of sp³-hybridized carbons (Fsp3) is 0.583. The maximum Gasteiger partial charge on any atom is 0.326 e. The number of carbonyl (C=O) groups is 2. The van der Waals surface area contributed by atoms with Crippen LogP contribution < -0.4 is 5.32 Å². The lowest BCUT2D eigenvalue weighted by molar-refractivity contribution is -0.140. The smallest absolute Gasteiger partial charge is 0.326 e. The van der Waals surface area contributed by atoms with Crippen LogP contribution in [0.25, 0.3) is 0 Å². The molecule has 6 heteroatoms. The van der Waals surface area contributed by atoms with E-state index in [1.807, 2.05) is 6.92 Å². The summed E-state index contributed by atoms with van der Waals surface area (Å²) in [7, 11) is 0. The van der Waals surface area contributed by atoms with Gasteiger partial charge in [0.05, 0.1) is 0 Å². The molecule has 1 aromatic rings. The van der Waals surface area contributed by atoms with E-state index in [1.165, 1.54) is 0 Å². The van der Waals surface area contributed by atoms with Crippen LogP contribution in [0.2, 0.25) is 0 Å². The molecule has 0 unspecified atom stereocenters. The topological polar surface area (TPSA) is 95.1 Å². The van der Waals surface area contributed by atoms with Crippen molar-refractivity contribution in [2.45, 2.75) is 40.2 Å². The number of nitrogens with zero attached hydrogens (tertiary/aromatic N) is 1. The molecule has 0 aliphatic rings. The van der Waals surface area contributed by atoms with Gasteiger partial charge in [0.1, 0.15) is 17.6 Å². The van der Waals surface area contributed by atoms with E-state index in [-0.39, 0.29) is 11.6 Å². The summed E-state index contributed by atoms with van der Waals surface area (Å²) in [6.07, 6.45) is 0.676. The number of nitrogens with one attached hydrogen (secondary N) is 2. The zero-order chi connectivity index (χ0) is 13.9. The fourth-order valence-corrected chi connectivity index (χ4v) is 1.72. The molecule has 1 rings (SSSR count). The van der Waals surface area contributed by atoms with Gasteiger partial charge in [-0.1, -0.05) is 20.3 Å². The molecule has 1 heterocycles. The van der Waals surface area contributed by atoms with Gasteiger partial charge < -0.3 is 15.4 Å². The lowest BCUT2D eigenvalue weighted by atomic mass is 9.99. The van der Waals surface area contributed by atoms with Crippen LogP contribution in [0.5, 0.6) is 0 Å². The molecule has 2 atom stereocenters. The molecule has 0 aliphatic heterocycles. The largest absolute Gasteiger partial charge is 0.480 e. The Labute approximate surface area is 106 Å². The number of carbonyl (C=O) groups excluding carboxylic acids is 1. The van der Waals surface area contributed by atoms with Gasteiger partial charge in [0.25, 0.3) is 5.91 Å². The minimum Gasteiger partial charge on any atom is -0.480 e. The van der Waals surface area contributed by atoms with E-state index in [1.54, 1.807) is 20.8 Å². The Morgan fingerprint density at radius 3 is 2.44 bits per heavy atom. The van der Waals surface area contributed by atoms with E-state index in [9.17, 15) is 9.59 Å². The van der Waals surface area contributed by atoms with Crippen LogP contribution in [0.1, 0.15) is 42.3 Å². The molecule has 0 saturated heterocycles. The molecule has 0 fully saturated rings. The van der Waals surface area contributed by atoms with Crippen LogP contribution in [0.3, 0.4) is 0 Å². The second kappa shape index (κ2) is 5.66. The van der Waals surface area contributed by atoms with Crippen molar-refractivity contribution in [1.82, 2.24) is 15.3 Å². The molecule has 0 saturated carbocycles. The average Bonchev–Trinajstić information content (AvgIpc) is 2.63. The van der Waals surface area contributed by atoms with Gasteiger partial charge in [0, 0.05) is 5.69 Å². The van der Waals surface area contributed by atoms with Crippen molar-refractivity contribution < 1.29 is 14.7 Å². The minimum absolute atomic E-state index is 0.133. The summed E-state index contributed by atoms with van der Waals surface area (Å²) in [5.74, 6) is -0.980. The summed E-state index contributed by atoms with van der Waals surface area (Å²) in [6.45, 7) is 7.15. The SMILES string of the molecule is CC[C@H](C)[C@H](NC(=O)c1nc(C)[nH]c1C)C(=O)O. The van der Waals surface area contributed by atoms with Crippen molar-refractivity contribution >= 4 is 11.9 Å². The minimum atomic E-state index is -1.03. The average molecular weight is 253 g/mol. The summed E-state index contributed by atoms with van der Waals surface area (Å²) in [5, 5.41) is 11.6. The Hall–Kier alpha value is -1.85. The van der Waals surface area contributed by atoms with Crippen LogP contribution >= 0.6 is 0 Å². The number of carboxylic acids is 1. The number of aliphatic carboxylic acids is 1. The lowest BCUT2D eigenvalue weighted by Crippen LogP contribution is -2.45. The van der Waals surface area contributed by atoms with Crippen LogP contribution in [-0.4, -0.2) is 33.0 Å². The van der Waals surface area contributed by atoms with Crippen molar-refractivity contribution in [3.05, 3.63) is 17.2 Å². The molecule has 18 heavy (non-hydrogen) atoms. The number of aromatic nitrogens is 2. The van der Waals surface area contributed by atoms with Crippen LogP contribution in [-0.2, 0) is 4.79 Å². The van der Waals surface area contributed by atoms with Crippen molar-refractivity contribution in [3.63, 3.8) is 0 Å². The number of aromatic amines is 1. The first-order chi connectivity index (χ1) is 8.36. The highest BCUT2D eigenvalue weighted by molar-refractivity contribution is 5.96. The highest BCUT2D eigenvalue weighted by Crippen LogP contribution is 2.10. The Bertz CT molecular complexity index is 453. The lowest BCUT2D eigenvalue weighted by Gasteiger charge is -2.19. The molecule has 1 amide bonds. The molecule has 3 N–H and O–H groups in total. The molecular formula is C12H19N3O3. The monoisotopic (exact) mass is 253 g/mol. The van der Waals surface area contributed by atoms with Gasteiger partial charge in [-0.05, 0) is 19.8 Å². The molecule has 0 aliphatic carbocycles. The first kappa shape index (κ1) is 14.2. The van der Waals surface area contributed by atoms with Gasteiger partial charge in [0.2, 0.25) is 0 Å². The van der Waals surface area contributed by atoms with E-state index in [2.05, 4.69) is 15.3 Å². The Kier molecular flexibility index (Phi) is 4.47. The maximum atomic E-state index is 12.0.